The smallest absolute Gasteiger partial charge is 0.163 e. The van der Waals surface area contributed by atoms with Crippen LogP contribution in [0.5, 0.6) is 0 Å². The first kappa shape index (κ1) is 15.7. The molecule has 0 aromatic heterocycles. The van der Waals surface area contributed by atoms with E-state index in [-0.39, 0.29) is 5.78 Å². The van der Waals surface area contributed by atoms with Crippen molar-refractivity contribution >= 4 is 11.4 Å². The summed E-state index contributed by atoms with van der Waals surface area (Å²) in [5.41, 5.74) is 1.91. The normalized spacial score (nSPS) is 11.6. The highest BCUT2D eigenvalue weighted by Gasteiger charge is 2.09. The van der Waals surface area contributed by atoms with Gasteiger partial charge in [0.1, 0.15) is 0 Å². The Labute approximate surface area is 117 Å². The summed E-state index contributed by atoms with van der Waals surface area (Å²) < 4.78 is 0. The van der Waals surface area contributed by atoms with Crippen LogP contribution in [-0.2, 0) is 4.79 Å². The molecule has 0 spiro atoms. The molecule has 0 heterocycles. The van der Waals surface area contributed by atoms with Gasteiger partial charge in [-0.2, -0.15) is 0 Å². The Balaban J connectivity index is 2.36. The standard InChI is InChI=1S/C18H26O/c1-3-5-6-7-8-12-15-18(19)17(4-2)16-13-10-9-11-14-16/h4,9-11,13-14H,3,5-8,12,15H2,1-2H3/b17-4+. The lowest BCUT2D eigenvalue weighted by Gasteiger charge is -2.06. The number of allylic oxidation sites excluding steroid dienone is 2. The second-order valence-corrected chi connectivity index (χ2v) is 5.01. The van der Waals surface area contributed by atoms with Crippen molar-refractivity contribution in [1.29, 1.82) is 0 Å². The second-order valence-electron chi connectivity index (χ2n) is 5.01. The number of unbranched alkanes of at least 4 members (excludes halogenated alkanes) is 5. The Bertz CT molecular complexity index is 389. The van der Waals surface area contributed by atoms with Crippen LogP contribution >= 0.6 is 0 Å². The van der Waals surface area contributed by atoms with Gasteiger partial charge in [0, 0.05) is 12.0 Å². The lowest BCUT2D eigenvalue weighted by Crippen LogP contribution is -2.01. The van der Waals surface area contributed by atoms with Crippen molar-refractivity contribution in [2.24, 2.45) is 0 Å². The second kappa shape index (κ2) is 9.55. The van der Waals surface area contributed by atoms with E-state index in [1.165, 1.54) is 32.1 Å². The number of hydrogen-bond acceptors (Lipinski definition) is 1. The van der Waals surface area contributed by atoms with Crippen LogP contribution in [0.15, 0.2) is 36.4 Å². The maximum atomic E-state index is 12.2. The predicted molar refractivity (Wildman–Crippen MR) is 83.1 cm³/mol. The summed E-state index contributed by atoms with van der Waals surface area (Å²) in [7, 11) is 0. The molecular formula is C18H26O. The van der Waals surface area contributed by atoms with Crippen LogP contribution < -0.4 is 0 Å². The molecule has 0 aliphatic rings. The third-order valence-electron chi connectivity index (χ3n) is 3.43. The largest absolute Gasteiger partial charge is 0.294 e. The Morgan fingerprint density at radius 1 is 1.00 bits per heavy atom. The first-order valence-electron chi connectivity index (χ1n) is 7.54. The van der Waals surface area contributed by atoms with Gasteiger partial charge in [-0.1, -0.05) is 75.4 Å². The summed E-state index contributed by atoms with van der Waals surface area (Å²) in [4.78, 5) is 12.2. The molecule has 104 valence electrons. The molecule has 0 N–H and O–H groups in total. The minimum absolute atomic E-state index is 0.282. The molecule has 0 bridgehead atoms. The summed E-state index contributed by atoms with van der Waals surface area (Å²) in [6.07, 6.45) is 9.98. The Hall–Kier alpha value is -1.37. The maximum Gasteiger partial charge on any atom is 0.163 e. The van der Waals surface area contributed by atoms with E-state index in [0.29, 0.717) is 6.42 Å². The monoisotopic (exact) mass is 258 g/mol. The third kappa shape index (κ3) is 5.87. The lowest BCUT2D eigenvalue weighted by molar-refractivity contribution is -0.113. The van der Waals surface area contributed by atoms with E-state index in [9.17, 15) is 4.79 Å². The first-order valence-corrected chi connectivity index (χ1v) is 7.54. The van der Waals surface area contributed by atoms with Crippen molar-refractivity contribution in [1.82, 2.24) is 0 Å². The van der Waals surface area contributed by atoms with Gasteiger partial charge in [0.15, 0.2) is 5.78 Å². The highest BCUT2D eigenvalue weighted by atomic mass is 16.1. The summed E-state index contributed by atoms with van der Waals surface area (Å²) in [6.45, 7) is 4.17. The van der Waals surface area contributed by atoms with Crippen LogP contribution in [0.25, 0.3) is 5.57 Å². The topological polar surface area (TPSA) is 17.1 Å². The molecular weight excluding hydrogens is 232 g/mol. The zero-order valence-corrected chi connectivity index (χ0v) is 12.3. The van der Waals surface area contributed by atoms with Gasteiger partial charge in [-0.3, -0.25) is 4.79 Å². The van der Waals surface area contributed by atoms with Crippen molar-refractivity contribution in [2.75, 3.05) is 0 Å². The minimum atomic E-state index is 0.282. The molecule has 0 unspecified atom stereocenters. The van der Waals surface area contributed by atoms with Crippen molar-refractivity contribution in [3.05, 3.63) is 42.0 Å². The molecule has 0 saturated carbocycles. The summed E-state index contributed by atoms with van der Waals surface area (Å²) in [6, 6.07) is 9.96. The minimum Gasteiger partial charge on any atom is -0.294 e. The average molecular weight is 258 g/mol. The number of rotatable bonds is 9. The predicted octanol–water partition coefficient (Wildman–Crippen LogP) is 5.41. The molecule has 0 radical (unpaired) electrons. The quantitative estimate of drug-likeness (QED) is 0.427. The molecule has 1 nitrogen and oxygen atoms in total. The fourth-order valence-electron chi connectivity index (χ4n) is 2.31. The first-order chi connectivity index (χ1) is 9.29. The van der Waals surface area contributed by atoms with E-state index in [1.54, 1.807) is 0 Å². The summed E-state index contributed by atoms with van der Waals surface area (Å²) in [5, 5.41) is 0. The van der Waals surface area contributed by atoms with Crippen LogP contribution in [0.4, 0.5) is 0 Å². The molecule has 1 heteroatoms. The fourth-order valence-corrected chi connectivity index (χ4v) is 2.31. The van der Waals surface area contributed by atoms with E-state index in [2.05, 4.69) is 6.92 Å². The molecule has 0 amide bonds. The number of carbonyl (C=O) groups excluding carboxylic acids is 1. The molecule has 0 fully saturated rings. The van der Waals surface area contributed by atoms with E-state index >= 15 is 0 Å². The zero-order chi connectivity index (χ0) is 13.9. The number of benzene rings is 1. The summed E-state index contributed by atoms with van der Waals surface area (Å²) >= 11 is 0. The molecule has 0 aliphatic carbocycles. The number of Topliss-reactive ketones (excluding diaryl/α,β-unsaturated/α-hetero) is 1. The molecule has 1 rings (SSSR count). The van der Waals surface area contributed by atoms with Gasteiger partial charge in [0.25, 0.3) is 0 Å². The van der Waals surface area contributed by atoms with Gasteiger partial charge >= 0.3 is 0 Å². The highest BCUT2D eigenvalue weighted by Crippen LogP contribution is 2.18. The van der Waals surface area contributed by atoms with Crippen LogP contribution in [0, 0.1) is 0 Å². The van der Waals surface area contributed by atoms with Gasteiger partial charge in [-0.25, -0.2) is 0 Å². The van der Waals surface area contributed by atoms with Gasteiger partial charge in [0.05, 0.1) is 0 Å². The van der Waals surface area contributed by atoms with E-state index in [1.807, 2.05) is 43.3 Å². The van der Waals surface area contributed by atoms with Crippen LogP contribution in [0.1, 0.15) is 64.4 Å². The fraction of sp³-hybridized carbons (Fsp3) is 0.500. The molecule has 1 aromatic rings. The van der Waals surface area contributed by atoms with Crippen molar-refractivity contribution in [3.63, 3.8) is 0 Å². The Morgan fingerprint density at radius 3 is 2.26 bits per heavy atom. The van der Waals surface area contributed by atoms with Crippen molar-refractivity contribution in [3.8, 4) is 0 Å². The summed E-state index contributed by atoms with van der Waals surface area (Å²) in [5.74, 6) is 0.282. The van der Waals surface area contributed by atoms with E-state index in [0.717, 1.165) is 17.6 Å². The number of ketones is 1. The third-order valence-corrected chi connectivity index (χ3v) is 3.43. The molecule has 0 atom stereocenters. The lowest BCUT2D eigenvalue weighted by atomic mass is 9.97. The maximum absolute atomic E-state index is 12.2. The van der Waals surface area contributed by atoms with Gasteiger partial charge in [-0.05, 0) is 18.9 Å². The zero-order valence-electron chi connectivity index (χ0n) is 12.3. The Kier molecular flexibility index (Phi) is 7.88. The van der Waals surface area contributed by atoms with Gasteiger partial charge in [-0.15, -0.1) is 0 Å². The average Bonchev–Trinajstić information content (AvgIpc) is 2.45. The molecule has 1 aromatic carbocycles. The van der Waals surface area contributed by atoms with Gasteiger partial charge < -0.3 is 0 Å². The van der Waals surface area contributed by atoms with E-state index < -0.39 is 0 Å². The van der Waals surface area contributed by atoms with Gasteiger partial charge in [0.2, 0.25) is 0 Å². The van der Waals surface area contributed by atoms with Crippen LogP contribution in [0.2, 0.25) is 0 Å². The van der Waals surface area contributed by atoms with Crippen molar-refractivity contribution < 1.29 is 4.79 Å². The van der Waals surface area contributed by atoms with Crippen LogP contribution in [0.3, 0.4) is 0 Å². The number of hydrogen-bond donors (Lipinski definition) is 0. The Morgan fingerprint density at radius 2 is 1.63 bits per heavy atom. The SMILES string of the molecule is C/C=C(/C(=O)CCCCCCCC)c1ccccc1. The molecule has 0 saturated heterocycles. The molecule has 19 heavy (non-hydrogen) atoms. The van der Waals surface area contributed by atoms with Crippen LogP contribution in [-0.4, -0.2) is 5.78 Å². The highest BCUT2D eigenvalue weighted by molar-refractivity contribution is 6.20. The van der Waals surface area contributed by atoms with Crippen molar-refractivity contribution in [2.45, 2.75) is 58.8 Å². The molecule has 0 aliphatic heterocycles. The number of carbonyl (C=O) groups is 1. The van der Waals surface area contributed by atoms with E-state index in [4.69, 9.17) is 0 Å².